The topological polar surface area (TPSA) is 83.1 Å². The molecule has 0 heterocycles. The Labute approximate surface area is 532 Å². The molecule has 0 N–H and O–H groups in total. The van der Waals surface area contributed by atoms with Crippen LogP contribution in [0.15, 0.2) is 0 Å². The van der Waals surface area contributed by atoms with Crippen LogP contribution in [0.4, 0.5) is 0 Å². The fourth-order valence-corrected chi connectivity index (χ4v) is 99.5. The molecule has 14 atom stereocenters. The second kappa shape index (κ2) is 29.0. The summed E-state index contributed by atoms with van der Waals surface area (Å²) in [6, 6.07) is 0. The van der Waals surface area contributed by atoms with Crippen molar-refractivity contribution in [2.45, 2.75) is 242 Å². The van der Waals surface area contributed by atoms with Crippen LogP contribution >= 0.6 is 124 Å². The predicted octanol–water partition coefficient (Wildman–Crippen LogP) is 19.7. The Hall–Kier alpha value is 4.49. The third-order valence-corrected chi connectivity index (χ3v) is 81.5. The third kappa shape index (κ3) is 10.2. The molecule has 14 unspecified atom stereocenters. The molecule has 0 spiro atoms. The molecule has 79 heavy (non-hydrogen) atoms. The van der Waals surface area contributed by atoms with Gasteiger partial charge in [-0.2, -0.15) is 0 Å². The van der Waals surface area contributed by atoms with Crippen molar-refractivity contribution >= 4 is 150 Å². The molecule has 6 fully saturated rings. The highest BCUT2D eigenvalue weighted by atomic mass is 33.8. The number of hydrogen-bond acceptors (Lipinski definition) is 18. The van der Waals surface area contributed by atoms with E-state index in [1.807, 2.05) is 0 Å². The molecule has 6 rings (SSSR count). The van der Waals surface area contributed by atoms with Crippen LogP contribution in [0.25, 0.3) is 0 Å². The fourth-order valence-electron chi connectivity index (χ4n) is 18.7. The molecule has 0 aromatic carbocycles. The zero-order chi connectivity index (χ0) is 58.7. The van der Waals surface area contributed by atoms with Crippen LogP contribution in [0, 0.1) is 45.8 Å². The van der Waals surface area contributed by atoms with E-state index in [9.17, 15) is 0 Å². The molecule has 6 aliphatic carbocycles. The van der Waals surface area contributed by atoms with Crippen molar-refractivity contribution < 1.29 is 39.8 Å². The molecule has 6 bridgehead atoms. The van der Waals surface area contributed by atoms with Crippen molar-refractivity contribution in [1.29, 1.82) is 0 Å². The highest BCUT2D eigenvalue weighted by molar-refractivity contribution is 9.49. The van der Waals surface area contributed by atoms with Crippen LogP contribution in [0.1, 0.15) is 226 Å². The van der Waals surface area contributed by atoms with Gasteiger partial charge in [-0.3, -0.25) is 0 Å². The summed E-state index contributed by atoms with van der Waals surface area (Å²) < 4.78 is 66.5. The monoisotopic (exact) mass is 1380 g/mol. The molecule has 0 aromatic rings. The van der Waals surface area contributed by atoms with Crippen LogP contribution in [-0.2, 0) is 39.8 Å². The molecular formula is C55H112O9S12Si3. The molecule has 9 nitrogen and oxygen atoms in total. The maximum Gasteiger partial charge on any atom is 0.518 e. The van der Waals surface area contributed by atoms with Crippen LogP contribution in [0.5, 0.6) is 0 Å². The summed E-state index contributed by atoms with van der Waals surface area (Å²) in [4.78, 5) is 0. The predicted molar refractivity (Wildman–Crippen MR) is 379 cm³/mol. The molecule has 0 radical (unpaired) electrons. The lowest BCUT2D eigenvalue weighted by Crippen LogP contribution is -2.79. The molecule has 6 saturated carbocycles. The number of thiol groups is 6. The molecule has 24 heteroatoms. The summed E-state index contributed by atoms with van der Waals surface area (Å²) in [5, 5.41) is 0. The first-order valence-corrected chi connectivity index (χ1v) is 51.4. The van der Waals surface area contributed by atoms with Gasteiger partial charge in [0.1, 0.15) is 3.41 Å². The van der Waals surface area contributed by atoms with Gasteiger partial charge in [-0.15, -0.1) is 94.2 Å². The van der Waals surface area contributed by atoms with E-state index < -0.39 is 67.2 Å². The minimum absolute atomic E-state index is 0.132. The molecule has 0 saturated heterocycles. The fraction of sp³-hybridized carbons (Fsp3) is 1.00. The van der Waals surface area contributed by atoms with E-state index in [-0.39, 0.29) is 22.2 Å². The lowest BCUT2D eigenvalue weighted by molar-refractivity contribution is 0.0346. The Balaban J connectivity index is 2.12. The van der Waals surface area contributed by atoms with Crippen LogP contribution in [0.3, 0.4) is 0 Å². The maximum atomic E-state index is 7.77. The van der Waals surface area contributed by atoms with E-state index in [1.165, 1.54) is 0 Å². The maximum absolute atomic E-state index is 7.77. The van der Waals surface area contributed by atoms with Crippen LogP contribution in [-0.4, -0.2) is 102 Å². The van der Waals surface area contributed by atoms with Crippen LogP contribution < -0.4 is 0 Å². The molecule has 0 amide bonds. The zero-order valence-corrected chi connectivity index (χ0v) is 64.8. The zero-order valence-electron chi connectivity index (χ0n) is 51.5. The summed E-state index contributed by atoms with van der Waals surface area (Å²) in [7, 11) is -15.6. The van der Waals surface area contributed by atoms with E-state index in [0.29, 0.717) is 83.1 Å². The highest BCUT2D eigenvalue weighted by Gasteiger charge is 2.95. The van der Waals surface area contributed by atoms with Crippen molar-refractivity contribution in [3.8, 4) is 0 Å². The summed E-state index contributed by atoms with van der Waals surface area (Å²) >= 11 is 40.0. The van der Waals surface area contributed by atoms with Crippen molar-refractivity contribution in [3.05, 3.63) is 0 Å². The van der Waals surface area contributed by atoms with Gasteiger partial charge in [-0.05, 0) is 240 Å². The largest absolute Gasteiger partial charge is 0.518 e. The van der Waals surface area contributed by atoms with Gasteiger partial charge in [0.05, 0.1) is 13.1 Å². The molecule has 0 aliphatic heterocycles. The first kappa shape index (κ1) is 72.6. The summed E-state index contributed by atoms with van der Waals surface area (Å²) in [6.07, 6.45) is 19.0. The van der Waals surface area contributed by atoms with Gasteiger partial charge in [0.15, 0.2) is 0 Å². The lowest BCUT2D eigenvalue weighted by atomic mass is 9.80. The Morgan fingerprint density at radius 2 is 0.684 bits per heavy atom. The minimum Gasteiger partial charge on any atom is -0.373 e. The molecule has 6 aliphatic rings. The number of hydrogen-bond donors (Lipinski definition) is 6. The van der Waals surface area contributed by atoms with E-state index >= 15 is 0 Å². The summed E-state index contributed by atoms with van der Waals surface area (Å²) in [5.74, 6) is 1.61. The van der Waals surface area contributed by atoms with E-state index in [1.54, 1.807) is 29.5 Å². The molecular weight excluding hydrogens is 1270 g/mol. The lowest BCUT2D eigenvalue weighted by Gasteiger charge is -2.82. The first-order chi connectivity index (χ1) is 37.6. The summed E-state index contributed by atoms with van der Waals surface area (Å²) in [5.41, 5.74) is -0.917. The van der Waals surface area contributed by atoms with Crippen molar-refractivity contribution in [2.24, 2.45) is 45.8 Å². The van der Waals surface area contributed by atoms with Gasteiger partial charge in [0, 0.05) is 59.5 Å². The smallest absolute Gasteiger partial charge is 0.373 e. The Morgan fingerprint density at radius 3 is 0.873 bits per heavy atom. The summed E-state index contributed by atoms with van der Waals surface area (Å²) in [6.45, 7) is 38.0. The first-order valence-electron chi connectivity index (χ1n) is 31.0. The Kier molecular flexibility index (Phi) is 26.6. The number of fused-ring (bicyclic) bond motifs is 6. The highest BCUT2D eigenvalue weighted by Crippen LogP contribution is 3.14. The van der Waals surface area contributed by atoms with E-state index in [0.717, 1.165) is 122 Å². The van der Waals surface area contributed by atoms with E-state index in [2.05, 4.69) is 104 Å². The van der Waals surface area contributed by atoms with Gasteiger partial charge < -0.3 is 39.8 Å². The van der Waals surface area contributed by atoms with Crippen LogP contribution in [0.2, 0.25) is 0 Å². The van der Waals surface area contributed by atoms with Gasteiger partial charge in [-0.25, -0.2) is 0 Å². The Bertz CT molecular complexity index is 1730. The normalized spacial score (nSPS) is 36.6. The average molecular weight is 1390 g/mol. The second-order valence-electron chi connectivity index (χ2n) is 24.1. The Morgan fingerprint density at radius 1 is 0.430 bits per heavy atom. The average Bonchev–Trinajstić information content (AvgIpc) is 1.94. The van der Waals surface area contributed by atoms with Crippen molar-refractivity contribution in [2.75, 3.05) is 59.5 Å². The van der Waals surface area contributed by atoms with Crippen molar-refractivity contribution in [1.82, 2.24) is 0 Å². The standard InChI is InChI=1S/C55H112O9S12Si3/c1-16-44(14)30-29-31-45(15)55(74(68,71-65)52(41-46-32-35-49(52,17-2)38-46)77(56-20-5,57-21-6)58-22-7,75(69,72-66)53(42-47-33-36-50(53,18-3)39-47)78(59-23-8,60-24-9)61-25-10)76(70,73-67)54(43-48-34-37-51(54,19-4)40-48)79(62-26-11,63-27-12)64-28-13/h44-48,65-70H,16-43H2,1-15H3. The third-order valence-electron chi connectivity index (χ3n) is 21.5. The number of rotatable bonds is 39. The molecule has 470 valence electrons. The van der Waals surface area contributed by atoms with Gasteiger partial charge in [-0.1, -0.05) is 60.8 Å². The minimum atomic E-state index is -3.99. The van der Waals surface area contributed by atoms with Gasteiger partial charge in [0.2, 0.25) is 0 Å². The van der Waals surface area contributed by atoms with Crippen molar-refractivity contribution in [3.63, 3.8) is 0 Å². The quantitative estimate of drug-likeness (QED) is 0.0202. The SMILES string of the molecule is CCO[Si](OCC)(OCC)C1(S(S)(SS)C(C(C)CCCC(C)CC)(S(S)(SS)C2([Si](OCC)(OCC)OCC)CC3CCC2(CC)C3)S(S)(SS)C2([Si](OCC)(OCC)OCC)CC3CCC2(CC)C3)CC2CCC1(CC)C2. The van der Waals surface area contributed by atoms with Gasteiger partial charge in [0.25, 0.3) is 0 Å². The second-order valence-corrected chi connectivity index (χ2v) is 59.1. The van der Waals surface area contributed by atoms with E-state index in [4.69, 9.17) is 110 Å². The molecule has 0 aromatic heterocycles. The van der Waals surface area contributed by atoms with Gasteiger partial charge >= 0.3 is 26.4 Å².